The van der Waals surface area contributed by atoms with Crippen molar-refractivity contribution in [1.82, 2.24) is 0 Å². The van der Waals surface area contributed by atoms with Gasteiger partial charge in [-0.2, -0.15) is 0 Å². The van der Waals surface area contributed by atoms with E-state index < -0.39 is 7.82 Å². The van der Waals surface area contributed by atoms with Gasteiger partial charge in [0, 0.05) is 0 Å². The summed E-state index contributed by atoms with van der Waals surface area (Å²) in [5, 5.41) is 0. The lowest BCUT2D eigenvalue weighted by atomic mass is 10.2. The van der Waals surface area contributed by atoms with Crippen molar-refractivity contribution >= 4 is 7.82 Å². The number of phosphoric ester groups is 1. The SMILES string of the molecule is CCC(C)OP(=O)(OCCc1ccccc1)OC(C)CC. The average molecular weight is 314 g/mol. The van der Waals surface area contributed by atoms with E-state index in [1.54, 1.807) is 0 Å². The van der Waals surface area contributed by atoms with Gasteiger partial charge in [-0.1, -0.05) is 44.2 Å². The van der Waals surface area contributed by atoms with E-state index in [1.165, 1.54) is 0 Å². The Hall–Kier alpha value is -0.670. The first-order valence-corrected chi connectivity index (χ1v) is 9.10. The fourth-order valence-corrected chi connectivity index (χ4v) is 3.26. The maximum atomic E-state index is 12.7. The molecule has 5 heteroatoms. The van der Waals surface area contributed by atoms with Crippen molar-refractivity contribution < 1.29 is 18.1 Å². The van der Waals surface area contributed by atoms with Gasteiger partial charge in [0.25, 0.3) is 0 Å². The molecule has 1 rings (SSSR count). The van der Waals surface area contributed by atoms with Gasteiger partial charge in [-0.25, -0.2) is 4.57 Å². The summed E-state index contributed by atoms with van der Waals surface area (Å²) in [7, 11) is -3.50. The van der Waals surface area contributed by atoms with Gasteiger partial charge in [-0.15, -0.1) is 0 Å². The van der Waals surface area contributed by atoms with E-state index in [-0.39, 0.29) is 12.2 Å². The van der Waals surface area contributed by atoms with Crippen molar-refractivity contribution in [2.24, 2.45) is 0 Å². The first-order chi connectivity index (χ1) is 9.99. The smallest absolute Gasteiger partial charge is 0.287 e. The van der Waals surface area contributed by atoms with Crippen LogP contribution in [0.2, 0.25) is 0 Å². The lowest BCUT2D eigenvalue weighted by Gasteiger charge is -2.23. The predicted molar refractivity (Wildman–Crippen MR) is 85.4 cm³/mol. The maximum Gasteiger partial charge on any atom is 0.475 e. The van der Waals surface area contributed by atoms with E-state index in [9.17, 15) is 4.57 Å². The molecule has 0 aromatic heterocycles. The second kappa shape index (κ2) is 9.37. The highest BCUT2D eigenvalue weighted by Gasteiger charge is 2.30. The van der Waals surface area contributed by atoms with Gasteiger partial charge < -0.3 is 0 Å². The number of hydrogen-bond acceptors (Lipinski definition) is 4. The summed E-state index contributed by atoms with van der Waals surface area (Å²) < 4.78 is 29.2. The van der Waals surface area contributed by atoms with Crippen molar-refractivity contribution in [3.63, 3.8) is 0 Å². The van der Waals surface area contributed by atoms with E-state index in [4.69, 9.17) is 13.6 Å². The first-order valence-electron chi connectivity index (χ1n) is 7.64. The summed E-state index contributed by atoms with van der Waals surface area (Å²) in [5.41, 5.74) is 1.14. The molecule has 0 spiro atoms. The normalized spacial score (nSPS) is 17.1. The molecule has 0 fully saturated rings. The molecule has 1 aromatic rings. The third kappa shape index (κ3) is 7.23. The fraction of sp³-hybridized carbons (Fsp3) is 0.625. The highest BCUT2D eigenvalue weighted by atomic mass is 31.2. The van der Waals surface area contributed by atoms with Crippen LogP contribution < -0.4 is 0 Å². The Bertz CT molecular complexity index is 419. The topological polar surface area (TPSA) is 44.8 Å². The fourth-order valence-electron chi connectivity index (χ4n) is 1.60. The quantitative estimate of drug-likeness (QED) is 0.571. The lowest BCUT2D eigenvalue weighted by molar-refractivity contribution is 0.0605. The zero-order valence-corrected chi connectivity index (χ0v) is 14.3. The van der Waals surface area contributed by atoms with Crippen LogP contribution >= 0.6 is 7.82 Å². The second-order valence-corrected chi connectivity index (χ2v) is 6.74. The molecule has 4 nitrogen and oxygen atoms in total. The van der Waals surface area contributed by atoms with Crippen molar-refractivity contribution in [2.75, 3.05) is 6.61 Å². The Morgan fingerprint density at radius 3 is 2.00 bits per heavy atom. The zero-order valence-electron chi connectivity index (χ0n) is 13.5. The summed E-state index contributed by atoms with van der Waals surface area (Å²) in [6, 6.07) is 9.94. The molecular weight excluding hydrogens is 287 g/mol. The summed E-state index contributed by atoms with van der Waals surface area (Å²) >= 11 is 0. The number of phosphoric acid groups is 1. The van der Waals surface area contributed by atoms with Gasteiger partial charge in [0.05, 0.1) is 18.8 Å². The molecule has 0 heterocycles. The van der Waals surface area contributed by atoms with Crippen LogP contribution in [0, 0.1) is 0 Å². The van der Waals surface area contributed by atoms with E-state index in [0.717, 1.165) is 18.4 Å². The van der Waals surface area contributed by atoms with Crippen molar-refractivity contribution in [1.29, 1.82) is 0 Å². The van der Waals surface area contributed by atoms with Gasteiger partial charge in [0.15, 0.2) is 0 Å². The van der Waals surface area contributed by atoms with Gasteiger partial charge in [0.1, 0.15) is 0 Å². The third-order valence-electron chi connectivity index (χ3n) is 3.25. The standard InChI is InChI=1S/C16H27O4P/c1-5-14(3)19-21(17,20-15(4)6-2)18-13-12-16-10-8-7-9-11-16/h7-11,14-15H,5-6,12-13H2,1-4H3. The van der Waals surface area contributed by atoms with Gasteiger partial charge in [-0.3, -0.25) is 13.6 Å². The predicted octanol–water partition coefficient (Wildman–Crippen LogP) is 4.98. The second-order valence-electron chi connectivity index (χ2n) is 5.16. The molecule has 1 aromatic carbocycles. The van der Waals surface area contributed by atoms with Crippen LogP contribution in [0.4, 0.5) is 0 Å². The van der Waals surface area contributed by atoms with Crippen LogP contribution in [0.3, 0.4) is 0 Å². The number of hydrogen-bond donors (Lipinski definition) is 0. The Kier molecular flexibility index (Phi) is 8.20. The summed E-state index contributed by atoms with van der Waals surface area (Å²) in [6.07, 6.45) is 1.89. The molecule has 0 aliphatic heterocycles. The Morgan fingerprint density at radius 1 is 1.00 bits per heavy atom. The van der Waals surface area contributed by atoms with Crippen LogP contribution in [0.15, 0.2) is 30.3 Å². The Balaban J connectivity index is 2.57. The van der Waals surface area contributed by atoms with Gasteiger partial charge in [-0.05, 0) is 38.7 Å². The Morgan fingerprint density at radius 2 is 1.52 bits per heavy atom. The minimum absolute atomic E-state index is 0.156. The summed E-state index contributed by atoms with van der Waals surface area (Å²) in [6.45, 7) is 8.00. The van der Waals surface area contributed by atoms with Crippen molar-refractivity contribution in [3.05, 3.63) is 35.9 Å². The molecule has 120 valence electrons. The molecule has 0 N–H and O–H groups in total. The zero-order chi connectivity index (χ0) is 15.7. The van der Waals surface area contributed by atoms with Crippen molar-refractivity contribution in [3.8, 4) is 0 Å². The molecule has 0 amide bonds. The molecule has 0 bridgehead atoms. The van der Waals surface area contributed by atoms with Crippen LogP contribution in [0.25, 0.3) is 0 Å². The average Bonchev–Trinajstić information content (AvgIpc) is 2.47. The van der Waals surface area contributed by atoms with E-state index in [1.807, 2.05) is 58.0 Å². The Labute approximate surface area is 128 Å². The molecule has 0 aliphatic carbocycles. The van der Waals surface area contributed by atoms with E-state index >= 15 is 0 Å². The summed E-state index contributed by atoms with van der Waals surface area (Å²) in [5.74, 6) is 0. The molecule has 2 unspecified atom stereocenters. The van der Waals surface area contributed by atoms with Crippen LogP contribution in [0.5, 0.6) is 0 Å². The number of rotatable bonds is 10. The third-order valence-corrected chi connectivity index (χ3v) is 4.99. The van der Waals surface area contributed by atoms with Gasteiger partial charge >= 0.3 is 7.82 Å². The number of benzene rings is 1. The molecule has 0 saturated heterocycles. The molecule has 0 radical (unpaired) electrons. The van der Waals surface area contributed by atoms with Crippen LogP contribution in [-0.4, -0.2) is 18.8 Å². The molecule has 21 heavy (non-hydrogen) atoms. The largest absolute Gasteiger partial charge is 0.475 e. The van der Waals surface area contributed by atoms with Crippen molar-refractivity contribution in [2.45, 2.75) is 59.2 Å². The molecule has 2 atom stereocenters. The lowest BCUT2D eigenvalue weighted by Crippen LogP contribution is -2.14. The van der Waals surface area contributed by atoms with E-state index in [2.05, 4.69) is 0 Å². The minimum Gasteiger partial charge on any atom is -0.287 e. The molecular formula is C16H27O4P. The molecule has 0 saturated carbocycles. The first kappa shape index (κ1) is 18.4. The van der Waals surface area contributed by atoms with Crippen LogP contribution in [-0.2, 0) is 24.6 Å². The van der Waals surface area contributed by atoms with Crippen LogP contribution in [0.1, 0.15) is 46.1 Å². The monoisotopic (exact) mass is 314 g/mol. The minimum atomic E-state index is -3.50. The van der Waals surface area contributed by atoms with Gasteiger partial charge in [0.2, 0.25) is 0 Å². The highest BCUT2D eigenvalue weighted by Crippen LogP contribution is 2.52. The summed E-state index contributed by atoms with van der Waals surface area (Å²) in [4.78, 5) is 0. The maximum absolute atomic E-state index is 12.7. The van der Waals surface area contributed by atoms with E-state index in [0.29, 0.717) is 13.0 Å². The highest BCUT2D eigenvalue weighted by molar-refractivity contribution is 7.48. The molecule has 0 aliphatic rings.